The van der Waals surface area contributed by atoms with Gasteiger partial charge >= 0.3 is 0 Å². The van der Waals surface area contributed by atoms with Gasteiger partial charge in [-0.1, -0.05) is 31.5 Å². The zero-order chi connectivity index (χ0) is 25.9. The number of fused-ring (bicyclic) bond motifs is 3. The molecule has 1 saturated carbocycles. The van der Waals surface area contributed by atoms with Crippen LogP contribution in [0.1, 0.15) is 43.1 Å². The summed E-state index contributed by atoms with van der Waals surface area (Å²) in [6.07, 6.45) is 5.43. The maximum Gasteiger partial charge on any atom is 0.269 e. The molecule has 1 fully saturated rings. The highest BCUT2D eigenvalue weighted by atomic mass is 32.2. The number of nitriles is 1. The second kappa shape index (κ2) is 8.11. The van der Waals surface area contributed by atoms with Gasteiger partial charge in [-0.2, -0.15) is 5.26 Å². The normalized spacial score (nSPS) is 19.0. The molecular formula is C26H24N8O2S. The summed E-state index contributed by atoms with van der Waals surface area (Å²) >= 11 is 0. The van der Waals surface area contributed by atoms with Gasteiger partial charge in [0.05, 0.1) is 22.2 Å². The Labute approximate surface area is 213 Å². The monoisotopic (exact) mass is 512 g/mol. The van der Waals surface area contributed by atoms with Crippen LogP contribution in [0.25, 0.3) is 16.8 Å². The number of rotatable bonds is 5. The van der Waals surface area contributed by atoms with Gasteiger partial charge in [-0.25, -0.2) is 22.4 Å². The number of benzene rings is 1. The van der Waals surface area contributed by atoms with Crippen molar-refractivity contribution < 1.29 is 8.42 Å². The van der Waals surface area contributed by atoms with Crippen LogP contribution in [0.2, 0.25) is 0 Å². The van der Waals surface area contributed by atoms with Gasteiger partial charge in [0.25, 0.3) is 10.0 Å². The Bertz CT molecular complexity index is 1800. The summed E-state index contributed by atoms with van der Waals surface area (Å²) in [5.41, 5.74) is 2.83. The molecule has 0 radical (unpaired) electrons. The largest absolute Gasteiger partial charge is 0.367 e. The highest BCUT2D eigenvalue weighted by molar-refractivity contribution is 7.90. The fourth-order valence-electron chi connectivity index (χ4n) is 5.03. The van der Waals surface area contributed by atoms with E-state index in [1.807, 2.05) is 11.3 Å². The van der Waals surface area contributed by atoms with Gasteiger partial charge in [-0.15, -0.1) is 10.2 Å². The molecule has 1 aliphatic carbocycles. The van der Waals surface area contributed by atoms with Crippen molar-refractivity contribution in [3.63, 3.8) is 0 Å². The van der Waals surface area contributed by atoms with Gasteiger partial charge in [0.2, 0.25) is 0 Å². The summed E-state index contributed by atoms with van der Waals surface area (Å²) in [7, 11) is -3.82. The number of aryl methyl sites for hydroxylation is 1. The number of anilines is 1. The Kier molecular flexibility index (Phi) is 5.07. The van der Waals surface area contributed by atoms with Crippen LogP contribution in [0.4, 0.5) is 5.82 Å². The van der Waals surface area contributed by atoms with Gasteiger partial charge in [0, 0.05) is 24.4 Å². The number of aromatic nitrogens is 6. The molecule has 1 aromatic carbocycles. The summed E-state index contributed by atoms with van der Waals surface area (Å²) in [6, 6.07) is 14.3. The number of hydrogen-bond donors (Lipinski definition) is 1. The minimum atomic E-state index is -3.82. The maximum atomic E-state index is 13.4. The molecule has 0 saturated heterocycles. The van der Waals surface area contributed by atoms with Crippen LogP contribution in [-0.2, 0) is 10.0 Å². The lowest BCUT2D eigenvalue weighted by molar-refractivity contribution is 0.105. The lowest BCUT2D eigenvalue weighted by atomic mass is 9.58. The summed E-state index contributed by atoms with van der Waals surface area (Å²) in [5, 5.41) is 21.3. The molecular weight excluding hydrogens is 488 g/mol. The Morgan fingerprint density at radius 1 is 1.05 bits per heavy atom. The average Bonchev–Trinajstić information content (AvgIpc) is 3.51. The van der Waals surface area contributed by atoms with Crippen molar-refractivity contribution in [3.8, 4) is 6.07 Å². The number of nitrogens with one attached hydrogen (secondary N) is 1. The van der Waals surface area contributed by atoms with E-state index in [1.54, 1.807) is 54.9 Å². The van der Waals surface area contributed by atoms with Crippen LogP contribution < -0.4 is 5.32 Å². The third-order valence-electron chi connectivity index (χ3n) is 7.43. The molecule has 4 aromatic heterocycles. The SMILES string of the molecule is Cc1ccc(S(=O)(=O)n2ccc3c2ncc2nnc([C@H]4C[C@@H](Nc5ccc(C#N)cn5)C4(C)C)n23)cc1. The van der Waals surface area contributed by atoms with E-state index in [4.69, 9.17) is 5.26 Å². The Balaban J connectivity index is 1.36. The van der Waals surface area contributed by atoms with Gasteiger partial charge in [0.1, 0.15) is 17.7 Å². The van der Waals surface area contributed by atoms with Crippen LogP contribution in [0, 0.1) is 23.7 Å². The summed E-state index contributed by atoms with van der Waals surface area (Å²) in [6.45, 7) is 6.24. The Morgan fingerprint density at radius 3 is 2.51 bits per heavy atom. The highest BCUT2D eigenvalue weighted by Crippen LogP contribution is 2.53. The summed E-state index contributed by atoms with van der Waals surface area (Å²) in [4.78, 5) is 8.97. The number of hydrogen-bond acceptors (Lipinski definition) is 8. The summed E-state index contributed by atoms with van der Waals surface area (Å²) < 4.78 is 29.9. The van der Waals surface area contributed by atoms with Gasteiger partial charge in [-0.3, -0.25) is 4.40 Å². The molecule has 6 rings (SSSR count). The van der Waals surface area contributed by atoms with E-state index in [0.29, 0.717) is 28.2 Å². The molecule has 0 aliphatic heterocycles. The second-order valence-electron chi connectivity index (χ2n) is 10.00. The predicted molar refractivity (Wildman–Crippen MR) is 138 cm³/mol. The zero-order valence-electron chi connectivity index (χ0n) is 20.5. The standard InChI is InChI=1S/C26H24N8O2S/c1-16-4-7-18(8-5-16)37(35,36)33-11-10-20-25(33)29-15-23-31-32-24(34(20)23)19-12-21(26(19,2)3)30-22-9-6-17(13-27)14-28-22/h4-11,14-15,19,21H,12H2,1-3H3,(H,28,30)/t19-,21-/m1/s1. The molecule has 0 bridgehead atoms. The van der Waals surface area contributed by atoms with Crippen molar-refractivity contribution in [1.29, 1.82) is 5.26 Å². The molecule has 2 atom stereocenters. The minimum absolute atomic E-state index is 0.0704. The van der Waals surface area contributed by atoms with Crippen molar-refractivity contribution in [1.82, 2.24) is 28.5 Å². The Morgan fingerprint density at radius 2 is 1.84 bits per heavy atom. The molecule has 11 heteroatoms. The van der Waals surface area contributed by atoms with E-state index in [1.165, 1.54) is 10.2 Å². The van der Waals surface area contributed by atoms with E-state index in [2.05, 4.69) is 45.4 Å². The van der Waals surface area contributed by atoms with Crippen molar-refractivity contribution in [2.45, 2.75) is 44.0 Å². The fourth-order valence-corrected chi connectivity index (χ4v) is 6.32. The van der Waals surface area contributed by atoms with Gasteiger partial charge in [-0.05, 0) is 49.1 Å². The van der Waals surface area contributed by atoms with E-state index >= 15 is 0 Å². The van der Waals surface area contributed by atoms with Crippen molar-refractivity contribution in [2.75, 3.05) is 5.32 Å². The first-order valence-corrected chi connectivity index (χ1v) is 13.3. The lowest BCUT2D eigenvalue weighted by Crippen LogP contribution is -2.52. The van der Waals surface area contributed by atoms with Crippen LogP contribution in [0.15, 0.2) is 66.0 Å². The lowest BCUT2D eigenvalue weighted by Gasteiger charge is -2.51. The first-order chi connectivity index (χ1) is 17.7. The third-order valence-corrected chi connectivity index (χ3v) is 9.11. The number of pyridine rings is 1. The van der Waals surface area contributed by atoms with E-state index in [-0.39, 0.29) is 22.3 Å². The van der Waals surface area contributed by atoms with Crippen LogP contribution in [0.5, 0.6) is 0 Å². The van der Waals surface area contributed by atoms with Crippen LogP contribution >= 0.6 is 0 Å². The van der Waals surface area contributed by atoms with E-state index in [0.717, 1.165) is 17.8 Å². The molecule has 0 unspecified atom stereocenters. The highest BCUT2D eigenvalue weighted by Gasteiger charge is 2.51. The van der Waals surface area contributed by atoms with Gasteiger partial charge < -0.3 is 5.32 Å². The van der Waals surface area contributed by atoms with Gasteiger partial charge in [0.15, 0.2) is 11.3 Å². The third kappa shape index (κ3) is 3.55. The van der Waals surface area contributed by atoms with Crippen LogP contribution in [-0.4, -0.2) is 43.0 Å². The molecule has 4 heterocycles. The molecule has 37 heavy (non-hydrogen) atoms. The summed E-state index contributed by atoms with van der Waals surface area (Å²) in [5.74, 6) is 1.55. The quantitative estimate of drug-likeness (QED) is 0.375. The first-order valence-electron chi connectivity index (χ1n) is 11.9. The number of nitrogens with zero attached hydrogens (tertiary/aromatic N) is 7. The van der Waals surface area contributed by atoms with Crippen molar-refractivity contribution >= 4 is 32.7 Å². The molecule has 0 spiro atoms. The maximum absolute atomic E-state index is 13.4. The zero-order valence-corrected chi connectivity index (χ0v) is 21.3. The molecule has 0 amide bonds. The smallest absolute Gasteiger partial charge is 0.269 e. The molecule has 10 nitrogen and oxygen atoms in total. The fraction of sp³-hybridized carbons (Fsp3) is 0.269. The first kappa shape index (κ1) is 23.1. The average molecular weight is 513 g/mol. The minimum Gasteiger partial charge on any atom is -0.367 e. The topological polar surface area (TPSA) is 131 Å². The van der Waals surface area contributed by atoms with E-state index in [9.17, 15) is 8.42 Å². The molecule has 1 aliphatic rings. The second-order valence-corrected chi connectivity index (χ2v) is 11.8. The molecule has 1 N–H and O–H groups in total. The molecule has 5 aromatic rings. The predicted octanol–water partition coefficient (Wildman–Crippen LogP) is 3.89. The molecule has 186 valence electrons. The van der Waals surface area contributed by atoms with Crippen LogP contribution in [0.3, 0.4) is 0 Å². The van der Waals surface area contributed by atoms with Crippen molar-refractivity contribution in [3.05, 3.63) is 78.0 Å². The van der Waals surface area contributed by atoms with Crippen molar-refractivity contribution in [2.24, 2.45) is 5.41 Å². The Hall–Kier alpha value is -4.30. The van der Waals surface area contributed by atoms with E-state index < -0.39 is 10.0 Å².